The van der Waals surface area contributed by atoms with Crippen LogP contribution < -0.4 is 10.1 Å². The van der Waals surface area contributed by atoms with Crippen molar-refractivity contribution in [3.05, 3.63) is 87.7 Å². The van der Waals surface area contributed by atoms with E-state index in [1.807, 2.05) is 33.0 Å². The number of amides is 2. The van der Waals surface area contributed by atoms with Crippen LogP contribution in [0.5, 0.6) is 5.75 Å². The van der Waals surface area contributed by atoms with Crippen molar-refractivity contribution in [1.29, 1.82) is 0 Å². The maximum Gasteiger partial charge on any atom is 0.258 e. The molecule has 2 heterocycles. The van der Waals surface area contributed by atoms with E-state index in [-0.39, 0.29) is 30.4 Å². The largest absolute Gasteiger partial charge is 0.486 e. The maximum absolute atomic E-state index is 13.7. The molecule has 1 aromatic heterocycles. The molecule has 39 heavy (non-hydrogen) atoms. The number of nitrogens with zero attached hydrogens (tertiary/aromatic N) is 3. The minimum Gasteiger partial charge on any atom is -0.486 e. The van der Waals surface area contributed by atoms with Crippen LogP contribution in [0.4, 0.5) is 5.69 Å². The number of aliphatic hydroxyl groups is 1. The molecule has 0 spiro atoms. The number of carbonyl (C=O) groups is 2. The smallest absolute Gasteiger partial charge is 0.258 e. The molecule has 0 unspecified atom stereocenters. The fourth-order valence-electron chi connectivity index (χ4n) is 4.58. The molecule has 8 nitrogen and oxygen atoms in total. The number of hydrogen-bond acceptors (Lipinski definition) is 6. The number of para-hydroxylation sites is 1. The molecule has 10 heteroatoms. The van der Waals surface area contributed by atoms with Gasteiger partial charge in [-0.1, -0.05) is 42.3 Å². The summed E-state index contributed by atoms with van der Waals surface area (Å²) in [4.78, 5) is 34.4. The Bertz CT molecular complexity index is 1320. The van der Waals surface area contributed by atoms with Crippen LogP contribution in [0.1, 0.15) is 40.1 Å². The number of halogens is 2. The number of ether oxygens (including phenoxy) is 1. The molecule has 2 aromatic carbocycles. The molecule has 0 fully saturated rings. The first-order chi connectivity index (χ1) is 18.7. The standard InChI is InChI=1S/C29H32Cl2N4O4/c1-18-14-35(19(2)17-36)29(38)22-5-4-6-25(33-28(37)21-9-11-32-12-10-21)27(22)39-26(18)16-34(3)15-20-7-8-23(30)24(31)13-20/h4-13,18-19,26,36H,14-17H2,1-3H3,(H,33,37)/t18-,19-,26-/m0/s1. The van der Waals surface area contributed by atoms with Gasteiger partial charge in [0.1, 0.15) is 6.10 Å². The molecule has 0 radical (unpaired) electrons. The van der Waals surface area contributed by atoms with Gasteiger partial charge in [0.2, 0.25) is 0 Å². The maximum atomic E-state index is 13.7. The Morgan fingerprint density at radius 2 is 1.95 bits per heavy atom. The third-order valence-electron chi connectivity index (χ3n) is 6.81. The Labute approximate surface area is 238 Å². The van der Waals surface area contributed by atoms with Crippen LogP contribution >= 0.6 is 23.2 Å². The number of nitrogens with one attached hydrogen (secondary N) is 1. The SMILES string of the molecule is C[C@H]1CN([C@@H](C)CO)C(=O)c2cccc(NC(=O)c3ccncc3)c2O[C@H]1CN(C)Cc1ccc(Cl)c(Cl)c1. The first kappa shape index (κ1) is 28.8. The number of pyridine rings is 1. The van der Waals surface area contributed by atoms with Crippen LogP contribution in [0, 0.1) is 5.92 Å². The summed E-state index contributed by atoms with van der Waals surface area (Å²) < 4.78 is 6.57. The minimum absolute atomic E-state index is 0.0867. The van der Waals surface area contributed by atoms with Crippen LogP contribution in [0.15, 0.2) is 60.9 Å². The lowest BCUT2D eigenvalue weighted by atomic mass is 9.98. The fraction of sp³-hybridized carbons (Fsp3) is 0.345. The highest BCUT2D eigenvalue weighted by atomic mass is 35.5. The highest BCUT2D eigenvalue weighted by molar-refractivity contribution is 6.42. The van der Waals surface area contributed by atoms with Crippen molar-refractivity contribution < 1.29 is 19.4 Å². The van der Waals surface area contributed by atoms with Crippen LogP contribution in [0.25, 0.3) is 0 Å². The molecule has 3 aromatic rings. The minimum atomic E-state index is -0.393. The average molecular weight is 572 g/mol. The van der Waals surface area contributed by atoms with Crippen molar-refractivity contribution in [1.82, 2.24) is 14.8 Å². The quantitative estimate of drug-likeness (QED) is 0.396. The van der Waals surface area contributed by atoms with Crippen molar-refractivity contribution in [3.63, 3.8) is 0 Å². The highest BCUT2D eigenvalue weighted by Crippen LogP contribution is 2.35. The lowest BCUT2D eigenvalue weighted by Crippen LogP contribution is -2.49. The Hall–Kier alpha value is -3.17. The van der Waals surface area contributed by atoms with Crippen molar-refractivity contribution in [2.75, 3.05) is 32.1 Å². The zero-order valence-corrected chi connectivity index (χ0v) is 23.6. The summed E-state index contributed by atoms with van der Waals surface area (Å²) in [5.41, 5.74) is 2.15. The van der Waals surface area contributed by atoms with Crippen LogP contribution in [-0.4, -0.2) is 70.6 Å². The normalized spacial score (nSPS) is 18.1. The first-order valence-electron chi connectivity index (χ1n) is 12.7. The second kappa shape index (κ2) is 12.8. The Morgan fingerprint density at radius 3 is 2.64 bits per heavy atom. The second-order valence-electron chi connectivity index (χ2n) is 9.94. The van der Waals surface area contributed by atoms with Crippen molar-refractivity contribution in [2.45, 2.75) is 32.5 Å². The van der Waals surface area contributed by atoms with Gasteiger partial charge in [-0.15, -0.1) is 0 Å². The number of fused-ring (bicyclic) bond motifs is 1. The third-order valence-corrected chi connectivity index (χ3v) is 7.55. The summed E-state index contributed by atoms with van der Waals surface area (Å²) in [6.45, 7) is 5.20. The lowest BCUT2D eigenvalue weighted by molar-refractivity contribution is 0.0343. The van der Waals surface area contributed by atoms with Crippen LogP contribution in [0.3, 0.4) is 0 Å². The number of benzene rings is 2. The average Bonchev–Trinajstić information content (AvgIpc) is 2.93. The predicted molar refractivity (Wildman–Crippen MR) is 153 cm³/mol. The van der Waals surface area contributed by atoms with Gasteiger partial charge in [0.25, 0.3) is 11.8 Å². The van der Waals surface area contributed by atoms with Crippen LogP contribution in [0.2, 0.25) is 10.0 Å². The van der Waals surface area contributed by atoms with Gasteiger partial charge >= 0.3 is 0 Å². The summed E-state index contributed by atoms with van der Waals surface area (Å²) in [6.07, 6.45) is 2.75. The van der Waals surface area contributed by atoms with E-state index in [0.717, 1.165) is 5.56 Å². The molecular formula is C29H32Cl2N4O4. The van der Waals surface area contributed by atoms with Gasteiger partial charge in [-0.05, 0) is 55.9 Å². The Balaban J connectivity index is 1.66. The van der Waals surface area contributed by atoms with Gasteiger partial charge < -0.3 is 20.1 Å². The molecule has 2 amide bonds. The molecule has 1 aliphatic heterocycles. The molecule has 0 bridgehead atoms. The van der Waals surface area contributed by atoms with E-state index in [9.17, 15) is 14.7 Å². The Morgan fingerprint density at radius 1 is 1.21 bits per heavy atom. The summed E-state index contributed by atoms with van der Waals surface area (Å²) in [7, 11) is 1.98. The van der Waals surface area contributed by atoms with E-state index in [1.165, 1.54) is 0 Å². The molecule has 0 saturated heterocycles. The number of aliphatic hydroxyl groups excluding tert-OH is 1. The van der Waals surface area contributed by atoms with Gasteiger partial charge in [0, 0.05) is 43.5 Å². The number of carbonyl (C=O) groups excluding carboxylic acids is 2. The third kappa shape index (κ3) is 6.89. The molecule has 1 aliphatic rings. The molecule has 4 rings (SSSR count). The van der Waals surface area contributed by atoms with Gasteiger partial charge in [0.05, 0.1) is 33.9 Å². The monoisotopic (exact) mass is 570 g/mol. The van der Waals surface area contributed by atoms with E-state index in [1.54, 1.807) is 53.7 Å². The molecule has 2 N–H and O–H groups in total. The fourth-order valence-corrected chi connectivity index (χ4v) is 4.90. The van der Waals surface area contributed by atoms with Gasteiger partial charge in [-0.2, -0.15) is 0 Å². The Kier molecular flexibility index (Phi) is 9.45. The molecule has 0 saturated carbocycles. The van der Waals surface area contributed by atoms with Gasteiger partial charge in [0.15, 0.2) is 5.75 Å². The molecular weight excluding hydrogens is 539 g/mol. The number of aromatic nitrogens is 1. The number of anilines is 1. The van der Waals surface area contributed by atoms with E-state index in [0.29, 0.717) is 52.2 Å². The van der Waals surface area contributed by atoms with Crippen molar-refractivity contribution in [2.24, 2.45) is 5.92 Å². The van der Waals surface area contributed by atoms with Gasteiger partial charge in [-0.25, -0.2) is 0 Å². The number of hydrogen-bond donors (Lipinski definition) is 2. The topological polar surface area (TPSA) is 95.0 Å². The highest BCUT2D eigenvalue weighted by Gasteiger charge is 2.34. The van der Waals surface area contributed by atoms with Crippen molar-refractivity contribution in [3.8, 4) is 5.75 Å². The number of likely N-dealkylation sites (N-methyl/N-ethyl adjacent to an activating group) is 1. The summed E-state index contributed by atoms with van der Waals surface area (Å²) in [6, 6.07) is 13.5. The predicted octanol–water partition coefficient (Wildman–Crippen LogP) is 4.99. The van der Waals surface area contributed by atoms with Crippen LogP contribution in [-0.2, 0) is 6.54 Å². The zero-order chi connectivity index (χ0) is 28.1. The molecule has 3 atom stereocenters. The first-order valence-corrected chi connectivity index (χ1v) is 13.5. The lowest BCUT2D eigenvalue weighted by Gasteiger charge is -2.38. The molecule has 0 aliphatic carbocycles. The molecule has 206 valence electrons. The van der Waals surface area contributed by atoms with E-state index in [2.05, 4.69) is 15.2 Å². The van der Waals surface area contributed by atoms with Gasteiger partial charge in [-0.3, -0.25) is 19.5 Å². The number of rotatable bonds is 8. The summed E-state index contributed by atoms with van der Waals surface area (Å²) in [5.74, 6) is -0.386. The van der Waals surface area contributed by atoms with Crippen molar-refractivity contribution >= 4 is 40.7 Å². The van der Waals surface area contributed by atoms with E-state index >= 15 is 0 Å². The second-order valence-corrected chi connectivity index (χ2v) is 10.8. The van der Waals surface area contributed by atoms with E-state index < -0.39 is 6.04 Å². The van der Waals surface area contributed by atoms with E-state index in [4.69, 9.17) is 27.9 Å². The summed E-state index contributed by atoms with van der Waals surface area (Å²) >= 11 is 12.3. The zero-order valence-electron chi connectivity index (χ0n) is 22.1. The summed E-state index contributed by atoms with van der Waals surface area (Å²) in [5, 5.41) is 13.8.